The molecule has 0 aromatic carbocycles. The maximum absolute atomic E-state index is 6.00. The highest BCUT2D eigenvalue weighted by atomic mass is 15.4. The van der Waals surface area contributed by atoms with Gasteiger partial charge in [-0.15, -0.1) is 0 Å². The summed E-state index contributed by atoms with van der Waals surface area (Å²) >= 11 is 0. The SMILES string of the molecule is CN(C)CCN1C(N)=NCC12CCN(C)C2. The molecule has 0 saturated carbocycles. The molecule has 5 heteroatoms. The predicted octanol–water partition coefficient (Wildman–Crippen LogP) is -0.747. The van der Waals surface area contributed by atoms with Gasteiger partial charge in [0.1, 0.15) is 0 Å². The number of aliphatic imine (C=N–C) groups is 1. The summed E-state index contributed by atoms with van der Waals surface area (Å²) in [6.45, 7) is 5.13. The molecule has 2 N–H and O–H groups in total. The molecule has 1 spiro atoms. The number of hydrogen-bond acceptors (Lipinski definition) is 5. The van der Waals surface area contributed by atoms with Crippen molar-refractivity contribution < 1.29 is 0 Å². The van der Waals surface area contributed by atoms with Crippen LogP contribution in [-0.2, 0) is 0 Å². The van der Waals surface area contributed by atoms with Crippen molar-refractivity contribution in [1.82, 2.24) is 14.7 Å². The lowest BCUT2D eigenvalue weighted by atomic mass is 9.97. The zero-order valence-corrected chi connectivity index (χ0v) is 10.6. The first-order valence-electron chi connectivity index (χ1n) is 5.94. The van der Waals surface area contributed by atoms with Crippen LogP contribution in [0.1, 0.15) is 6.42 Å². The summed E-state index contributed by atoms with van der Waals surface area (Å²) in [7, 11) is 6.36. The third-order valence-electron chi connectivity index (χ3n) is 3.68. The van der Waals surface area contributed by atoms with Gasteiger partial charge < -0.3 is 20.4 Å². The maximum atomic E-state index is 6.00. The molecule has 5 nitrogen and oxygen atoms in total. The van der Waals surface area contributed by atoms with Crippen LogP contribution in [0.3, 0.4) is 0 Å². The molecule has 0 radical (unpaired) electrons. The van der Waals surface area contributed by atoms with Gasteiger partial charge in [-0.1, -0.05) is 0 Å². The molecule has 1 fully saturated rings. The van der Waals surface area contributed by atoms with Crippen molar-refractivity contribution in [3.8, 4) is 0 Å². The molecule has 0 bridgehead atoms. The van der Waals surface area contributed by atoms with Crippen molar-refractivity contribution in [1.29, 1.82) is 0 Å². The Hall–Kier alpha value is -0.810. The largest absolute Gasteiger partial charge is 0.370 e. The molecule has 1 unspecified atom stereocenters. The van der Waals surface area contributed by atoms with Gasteiger partial charge in [0, 0.05) is 26.2 Å². The fourth-order valence-electron chi connectivity index (χ4n) is 2.70. The molecule has 1 saturated heterocycles. The van der Waals surface area contributed by atoms with E-state index in [4.69, 9.17) is 5.73 Å². The molecule has 92 valence electrons. The van der Waals surface area contributed by atoms with E-state index >= 15 is 0 Å². The van der Waals surface area contributed by atoms with Crippen molar-refractivity contribution in [2.24, 2.45) is 10.7 Å². The summed E-state index contributed by atoms with van der Waals surface area (Å²) in [5.41, 5.74) is 6.19. The lowest BCUT2D eigenvalue weighted by molar-refractivity contribution is 0.189. The minimum atomic E-state index is 0.189. The van der Waals surface area contributed by atoms with Gasteiger partial charge in [0.25, 0.3) is 0 Å². The first-order valence-corrected chi connectivity index (χ1v) is 5.94. The van der Waals surface area contributed by atoms with Crippen LogP contribution in [0.2, 0.25) is 0 Å². The highest BCUT2D eigenvalue weighted by Crippen LogP contribution is 2.31. The van der Waals surface area contributed by atoms with E-state index in [0.29, 0.717) is 0 Å². The monoisotopic (exact) mass is 225 g/mol. The van der Waals surface area contributed by atoms with Gasteiger partial charge in [-0.05, 0) is 27.6 Å². The van der Waals surface area contributed by atoms with Crippen LogP contribution in [0.15, 0.2) is 4.99 Å². The molecule has 16 heavy (non-hydrogen) atoms. The van der Waals surface area contributed by atoms with Crippen LogP contribution in [0.25, 0.3) is 0 Å². The van der Waals surface area contributed by atoms with E-state index in [9.17, 15) is 0 Å². The number of rotatable bonds is 3. The number of hydrogen-bond donors (Lipinski definition) is 1. The minimum Gasteiger partial charge on any atom is -0.370 e. The molecular weight excluding hydrogens is 202 g/mol. The Kier molecular flexibility index (Phi) is 3.08. The third-order valence-corrected chi connectivity index (χ3v) is 3.68. The molecule has 2 heterocycles. The Labute approximate surface area is 97.9 Å². The van der Waals surface area contributed by atoms with Crippen LogP contribution >= 0.6 is 0 Å². The van der Waals surface area contributed by atoms with Crippen molar-refractivity contribution in [3.63, 3.8) is 0 Å². The summed E-state index contributed by atoms with van der Waals surface area (Å²) in [5, 5.41) is 0. The van der Waals surface area contributed by atoms with E-state index in [1.807, 2.05) is 0 Å². The number of likely N-dealkylation sites (tertiary alicyclic amines) is 1. The van der Waals surface area contributed by atoms with Crippen LogP contribution < -0.4 is 5.73 Å². The van der Waals surface area contributed by atoms with Crippen molar-refractivity contribution in [3.05, 3.63) is 0 Å². The fourth-order valence-corrected chi connectivity index (χ4v) is 2.70. The zero-order chi connectivity index (χ0) is 11.8. The number of likely N-dealkylation sites (N-methyl/N-ethyl adjacent to an activating group) is 2. The zero-order valence-electron chi connectivity index (χ0n) is 10.6. The van der Waals surface area contributed by atoms with E-state index in [0.717, 1.165) is 38.7 Å². The molecule has 2 aliphatic heterocycles. The standard InChI is InChI=1S/C11H23N5/c1-14(2)6-7-16-10(12)13-8-11(16)4-5-15(3)9-11/h4-9H2,1-3H3,(H2,12,13). The highest BCUT2D eigenvalue weighted by Gasteiger charge is 2.45. The molecule has 0 aliphatic carbocycles. The summed E-state index contributed by atoms with van der Waals surface area (Å²) in [6.07, 6.45) is 1.18. The normalized spacial score (nSPS) is 30.8. The smallest absolute Gasteiger partial charge is 0.191 e. The Morgan fingerprint density at radius 3 is 2.81 bits per heavy atom. The van der Waals surface area contributed by atoms with Gasteiger partial charge in [-0.2, -0.15) is 0 Å². The van der Waals surface area contributed by atoms with E-state index < -0.39 is 0 Å². The maximum Gasteiger partial charge on any atom is 0.191 e. The first-order chi connectivity index (χ1) is 7.53. The predicted molar refractivity (Wildman–Crippen MR) is 66.6 cm³/mol. The van der Waals surface area contributed by atoms with Gasteiger partial charge >= 0.3 is 0 Å². The number of nitrogens with two attached hydrogens (primary N) is 1. The van der Waals surface area contributed by atoms with Crippen LogP contribution in [0.4, 0.5) is 0 Å². The minimum absolute atomic E-state index is 0.189. The van der Waals surface area contributed by atoms with E-state index in [1.165, 1.54) is 6.42 Å². The number of guanidine groups is 1. The van der Waals surface area contributed by atoms with Gasteiger partial charge in [0.15, 0.2) is 5.96 Å². The first kappa shape index (κ1) is 11.7. The van der Waals surface area contributed by atoms with E-state index in [-0.39, 0.29) is 5.54 Å². The summed E-state index contributed by atoms with van der Waals surface area (Å²) in [4.78, 5) is 11.3. The van der Waals surface area contributed by atoms with Gasteiger partial charge in [-0.3, -0.25) is 4.99 Å². The molecule has 1 atom stereocenters. The van der Waals surface area contributed by atoms with Crippen LogP contribution in [0.5, 0.6) is 0 Å². The average Bonchev–Trinajstić information content (AvgIpc) is 2.71. The summed E-state index contributed by atoms with van der Waals surface area (Å²) in [6, 6.07) is 0. The van der Waals surface area contributed by atoms with Gasteiger partial charge in [0.05, 0.1) is 12.1 Å². The molecule has 0 aromatic heterocycles. The summed E-state index contributed by atoms with van der Waals surface area (Å²) in [5.74, 6) is 0.733. The average molecular weight is 225 g/mol. The van der Waals surface area contributed by atoms with E-state index in [1.54, 1.807) is 0 Å². The molecule has 2 aliphatic rings. The molecular formula is C11H23N5. The molecule has 2 rings (SSSR count). The van der Waals surface area contributed by atoms with Gasteiger partial charge in [0.2, 0.25) is 0 Å². The second-order valence-corrected chi connectivity index (χ2v) is 5.34. The summed E-state index contributed by atoms with van der Waals surface area (Å²) < 4.78 is 0. The molecule has 0 aromatic rings. The fraction of sp³-hybridized carbons (Fsp3) is 0.909. The van der Waals surface area contributed by atoms with Crippen molar-refractivity contribution in [2.45, 2.75) is 12.0 Å². The quantitative estimate of drug-likeness (QED) is 0.687. The molecule has 0 amide bonds. The second kappa shape index (κ2) is 4.22. The second-order valence-electron chi connectivity index (χ2n) is 5.34. The Bertz CT molecular complexity index is 288. The van der Waals surface area contributed by atoms with Crippen molar-refractivity contribution in [2.75, 3.05) is 53.9 Å². The number of nitrogens with zero attached hydrogens (tertiary/aromatic N) is 4. The van der Waals surface area contributed by atoms with Gasteiger partial charge in [-0.25, -0.2) is 0 Å². The highest BCUT2D eigenvalue weighted by molar-refractivity contribution is 5.81. The third kappa shape index (κ3) is 2.01. The van der Waals surface area contributed by atoms with E-state index in [2.05, 4.69) is 40.8 Å². The Balaban J connectivity index is 2.03. The lowest BCUT2D eigenvalue weighted by Crippen LogP contribution is -2.54. The van der Waals surface area contributed by atoms with Crippen LogP contribution in [0, 0.1) is 0 Å². The Morgan fingerprint density at radius 2 is 2.25 bits per heavy atom. The topological polar surface area (TPSA) is 48.1 Å². The Morgan fingerprint density at radius 1 is 1.50 bits per heavy atom. The van der Waals surface area contributed by atoms with Crippen molar-refractivity contribution >= 4 is 5.96 Å². The lowest BCUT2D eigenvalue weighted by Gasteiger charge is -2.36. The van der Waals surface area contributed by atoms with Crippen LogP contribution in [-0.4, -0.2) is 80.1 Å².